The molecule has 0 saturated heterocycles. The minimum atomic E-state index is -4.42. The van der Waals surface area contributed by atoms with Gasteiger partial charge in [-0.1, -0.05) is 13.8 Å². The van der Waals surface area contributed by atoms with Crippen molar-refractivity contribution >= 4 is 21.8 Å². The number of hydrogen-bond donors (Lipinski definition) is 0. The van der Waals surface area contributed by atoms with E-state index >= 15 is 0 Å². The molecule has 0 fully saturated rings. The highest BCUT2D eigenvalue weighted by atomic mass is 79.9. The van der Waals surface area contributed by atoms with E-state index in [4.69, 9.17) is 0 Å². The van der Waals surface area contributed by atoms with Gasteiger partial charge in [-0.25, -0.2) is 4.98 Å². The van der Waals surface area contributed by atoms with E-state index in [1.54, 1.807) is 13.8 Å². The zero-order valence-corrected chi connectivity index (χ0v) is 12.8. The first-order valence-electron chi connectivity index (χ1n) is 6.27. The molecule has 7 heteroatoms. The zero-order valence-electron chi connectivity index (χ0n) is 11.2. The van der Waals surface area contributed by atoms with Gasteiger partial charge in [-0.15, -0.1) is 0 Å². The Morgan fingerprint density at radius 1 is 1.35 bits per heavy atom. The SMILES string of the molecule is CCC(CC)N(CC(F)(F)F)C(=O)c1ccc(Br)nc1. The molecule has 0 atom stereocenters. The van der Waals surface area contributed by atoms with Crippen LogP contribution in [0.3, 0.4) is 0 Å². The van der Waals surface area contributed by atoms with Gasteiger partial charge in [0.2, 0.25) is 0 Å². The minimum Gasteiger partial charge on any atom is -0.327 e. The third-order valence-electron chi connectivity index (χ3n) is 2.97. The number of alkyl halides is 3. The summed E-state index contributed by atoms with van der Waals surface area (Å²) in [6.45, 7) is 2.30. The molecule has 0 spiro atoms. The van der Waals surface area contributed by atoms with Crippen LogP contribution >= 0.6 is 15.9 Å². The molecular formula is C13H16BrF3N2O. The summed E-state index contributed by atoms with van der Waals surface area (Å²) in [6, 6.07) is 2.56. The lowest BCUT2D eigenvalue weighted by molar-refractivity contribution is -0.144. The van der Waals surface area contributed by atoms with Gasteiger partial charge in [-0.3, -0.25) is 4.79 Å². The molecule has 112 valence electrons. The van der Waals surface area contributed by atoms with Crippen molar-refractivity contribution in [3.63, 3.8) is 0 Å². The lowest BCUT2D eigenvalue weighted by Crippen LogP contribution is -2.45. The Kier molecular flexibility index (Phi) is 5.98. The van der Waals surface area contributed by atoms with Gasteiger partial charge in [0, 0.05) is 12.2 Å². The quantitative estimate of drug-likeness (QED) is 0.749. The molecule has 0 radical (unpaired) electrons. The van der Waals surface area contributed by atoms with Crippen LogP contribution in [0.1, 0.15) is 37.0 Å². The number of nitrogens with zero attached hydrogens (tertiary/aromatic N) is 2. The highest BCUT2D eigenvalue weighted by molar-refractivity contribution is 9.10. The third-order valence-corrected chi connectivity index (χ3v) is 3.44. The van der Waals surface area contributed by atoms with Crippen LogP contribution in [0.4, 0.5) is 13.2 Å². The maximum Gasteiger partial charge on any atom is 0.406 e. The van der Waals surface area contributed by atoms with Crippen molar-refractivity contribution in [3.05, 3.63) is 28.5 Å². The number of hydrogen-bond acceptors (Lipinski definition) is 2. The van der Waals surface area contributed by atoms with Gasteiger partial charge in [0.25, 0.3) is 5.91 Å². The van der Waals surface area contributed by atoms with Crippen LogP contribution in [0.2, 0.25) is 0 Å². The van der Waals surface area contributed by atoms with Crippen LogP contribution in [0.5, 0.6) is 0 Å². The second-order valence-electron chi connectivity index (χ2n) is 4.39. The van der Waals surface area contributed by atoms with Crippen molar-refractivity contribution in [2.75, 3.05) is 6.54 Å². The smallest absolute Gasteiger partial charge is 0.327 e. The lowest BCUT2D eigenvalue weighted by Gasteiger charge is -2.31. The Morgan fingerprint density at radius 3 is 2.35 bits per heavy atom. The van der Waals surface area contributed by atoms with Gasteiger partial charge in [0.15, 0.2) is 0 Å². The molecule has 1 rings (SSSR count). The number of carbonyl (C=O) groups excluding carboxylic acids is 1. The predicted octanol–water partition coefficient (Wildman–Crippen LogP) is 4.04. The predicted molar refractivity (Wildman–Crippen MR) is 73.4 cm³/mol. The Bertz CT molecular complexity index is 444. The Labute approximate surface area is 124 Å². The second-order valence-corrected chi connectivity index (χ2v) is 5.20. The largest absolute Gasteiger partial charge is 0.406 e. The van der Waals surface area contributed by atoms with Crippen LogP contribution in [0, 0.1) is 0 Å². The summed E-state index contributed by atoms with van der Waals surface area (Å²) in [7, 11) is 0. The zero-order chi connectivity index (χ0) is 15.3. The number of pyridine rings is 1. The monoisotopic (exact) mass is 352 g/mol. The van der Waals surface area contributed by atoms with Crippen molar-refractivity contribution in [3.8, 4) is 0 Å². The highest BCUT2D eigenvalue weighted by Crippen LogP contribution is 2.22. The van der Waals surface area contributed by atoms with Crippen LogP contribution in [-0.2, 0) is 0 Å². The summed E-state index contributed by atoms with van der Waals surface area (Å²) < 4.78 is 38.5. The van der Waals surface area contributed by atoms with Crippen LogP contribution in [0.15, 0.2) is 22.9 Å². The molecule has 0 aliphatic rings. The first-order chi connectivity index (χ1) is 9.28. The number of halogens is 4. The van der Waals surface area contributed by atoms with Crippen molar-refractivity contribution in [2.45, 2.75) is 38.9 Å². The standard InChI is InChI=1S/C13H16BrF3N2O/c1-3-10(4-2)19(8-13(15,16)17)12(20)9-5-6-11(14)18-7-9/h5-7,10H,3-4,8H2,1-2H3. The van der Waals surface area contributed by atoms with E-state index in [-0.39, 0.29) is 5.56 Å². The summed E-state index contributed by atoms with van der Waals surface area (Å²) in [5.41, 5.74) is 0.157. The van der Waals surface area contributed by atoms with Gasteiger partial charge in [-0.05, 0) is 40.9 Å². The molecule has 0 aliphatic carbocycles. The first-order valence-corrected chi connectivity index (χ1v) is 7.07. The summed E-state index contributed by atoms with van der Waals surface area (Å²) in [4.78, 5) is 17.0. The van der Waals surface area contributed by atoms with Gasteiger partial charge < -0.3 is 4.90 Å². The van der Waals surface area contributed by atoms with Crippen molar-refractivity contribution < 1.29 is 18.0 Å². The molecule has 0 bridgehead atoms. The first kappa shape index (κ1) is 16.9. The fourth-order valence-electron chi connectivity index (χ4n) is 1.96. The number of rotatable bonds is 5. The molecule has 0 N–H and O–H groups in total. The van der Waals surface area contributed by atoms with Crippen molar-refractivity contribution in [1.29, 1.82) is 0 Å². The summed E-state index contributed by atoms with van der Waals surface area (Å²) in [5, 5.41) is 0. The Hall–Kier alpha value is -1.11. The Morgan fingerprint density at radius 2 is 1.95 bits per heavy atom. The fourth-order valence-corrected chi connectivity index (χ4v) is 2.19. The molecule has 1 heterocycles. The summed E-state index contributed by atoms with van der Waals surface area (Å²) in [5.74, 6) is -0.643. The van der Waals surface area contributed by atoms with E-state index in [2.05, 4.69) is 20.9 Å². The molecule has 1 aromatic rings. The van der Waals surface area contributed by atoms with E-state index in [0.29, 0.717) is 17.4 Å². The van der Waals surface area contributed by atoms with E-state index < -0.39 is 24.7 Å². The highest BCUT2D eigenvalue weighted by Gasteiger charge is 2.36. The topological polar surface area (TPSA) is 33.2 Å². The summed E-state index contributed by atoms with van der Waals surface area (Å²) in [6.07, 6.45) is -2.19. The maximum absolute atomic E-state index is 12.7. The molecule has 20 heavy (non-hydrogen) atoms. The molecule has 0 saturated carbocycles. The van der Waals surface area contributed by atoms with E-state index in [9.17, 15) is 18.0 Å². The average molecular weight is 353 g/mol. The second kappa shape index (κ2) is 7.06. The van der Waals surface area contributed by atoms with Crippen LogP contribution in [-0.4, -0.2) is 34.6 Å². The molecule has 1 amide bonds. The van der Waals surface area contributed by atoms with Crippen LogP contribution < -0.4 is 0 Å². The minimum absolute atomic E-state index is 0.157. The van der Waals surface area contributed by atoms with Gasteiger partial charge in [0.1, 0.15) is 11.1 Å². The molecule has 1 aromatic heterocycles. The van der Waals surface area contributed by atoms with Gasteiger partial charge >= 0.3 is 6.18 Å². The molecule has 3 nitrogen and oxygen atoms in total. The number of aromatic nitrogens is 1. The average Bonchev–Trinajstić information content (AvgIpc) is 2.37. The molecule has 0 aromatic carbocycles. The fraction of sp³-hybridized carbons (Fsp3) is 0.538. The third kappa shape index (κ3) is 4.77. The normalized spacial score (nSPS) is 11.8. The lowest BCUT2D eigenvalue weighted by atomic mass is 10.1. The van der Waals surface area contributed by atoms with Crippen molar-refractivity contribution in [2.24, 2.45) is 0 Å². The molecule has 0 unspecified atom stereocenters. The van der Waals surface area contributed by atoms with E-state index in [1.807, 2.05) is 0 Å². The molecular weight excluding hydrogens is 337 g/mol. The maximum atomic E-state index is 12.7. The van der Waals surface area contributed by atoms with Gasteiger partial charge in [0.05, 0.1) is 5.56 Å². The summed E-state index contributed by atoms with van der Waals surface area (Å²) >= 11 is 3.12. The van der Waals surface area contributed by atoms with Crippen LogP contribution in [0.25, 0.3) is 0 Å². The van der Waals surface area contributed by atoms with E-state index in [0.717, 1.165) is 4.90 Å². The van der Waals surface area contributed by atoms with Crippen molar-refractivity contribution in [1.82, 2.24) is 9.88 Å². The van der Waals surface area contributed by atoms with E-state index in [1.165, 1.54) is 18.3 Å². The molecule has 0 aliphatic heterocycles. The number of amides is 1. The number of carbonyl (C=O) groups is 1. The van der Waals surface area contributed by atoms with Gasteiger partial charge in [-0.2, -0.15) is 13.2 Å². The Balaban J connectivity index is 3.02.